The summed E-state index contributed by atoms with van der Waals surface area (Å²) in [5, 5.41) is 24.3. The van der Waals surface area contributed by atoms with Crippen molar-refractivity contribution in [2.24, 2.45) is 5.41 Å². The number of phenolic OH excluding ortho intramolecular Hbond substituents is 1. The Balaban J connectivity index is 2.20. The van der Waals surface area contributed by atoms with Gasteiger partial charge in [0, 0.05) is 6.54 Å². The van der Waals surface area contributed by atoms with Crippen molar-refractivity contribution in [3.05, 3.63) is 23.8 Å². The van der Waals surface area contributed by atoms with Gasteiger partial charge in [-0.2, -0.15) is 0 Å². The van der Waals surface area contributed by atoms with Crippen LogP contribution in [0.5, 0.6) is 5.75 Å². The minimum Gasteiger partial charge on any atom is -0.506 e. The zero-order valence-electron chi connectivity index (χ0n) is 10.6. The predicted octanol–water partition coefficient (Wildman–Crippen LogP) is 1.03. The molecule has 2 rings (SSSR count). The highest BCUT2D eigenvalue weighted by Gasteiger charge is 2.36. The largest absolute Gasteiger partial charge is 0.506 e. The van der Waals surface area contributed by atoms with Gasteiger partial charge in [-0.25, -0.2) is 4.79 Å². The van der Waals surface area contributed by atoms with Crippen molar-refractivity contribution >= 4 is 17.6 Å². The summed E-state index contributed by atoms with van der Waals surface area (Å²) in [5.74, 6) is -1.48. The van der Waals surface area contributed by atoms with Crippen LogP contribution in [0.15, 0.2) is 18.2 Å². The van der Waals surface area contributed by atoms with Crippen LogP contribution >= 0.6 is 0 Å². The van der Waals surface area contributed by atoms with Crippen molar-refractivity contribution in [1.29, 1.82) is 0 Å². The second-order valence-electron chi connectivity index (χ2n) is 4.98. The van der Waals surface area contributed by atoms with Crippen LogP contribution in [0.2, 0.25) is 0 Å². The van der Waals surface area contributed by atoms with Crippen LogP contribution in [0, 0.1) is 5.41 Å². The number of hydrogen-bond donors (Lipinski definition) is 4. The second-order valence-corrected chi connectivity index (χ2v) is 4.98. The smallest absolute Gasteiger partial charge is 0.335 e. The van der Waals surface area contributed by atoms with Gasteiger partial charge in [0.1, 0.15) is 5.75 Å². The van der Waals surface area contributed by atoms with Crippen molar-refractivity contribution in [2.45, 2.75) is 13.3 Å². The van der Waals surface area contributed by atoms with Crippen LogP contribution in [0.3, 0.4) is 0 Å². The first-order valence-corrected chi connectivity index (χ1v) is 6.01. The molecular formula is C13H16N2O4. The van der Waals surface area contributed by atoms with E-state index in [0.717, 1.165) is 6.54 Å². The van der Waals surface area contributed by atoms with E-state index in [2.05, 4.69) is 10.6 Å². The SMILES string of the molecule is CC1(C(=O)Nc2cc(C(=O)O)ccc2O)CCNC1. The number of carboxylic acids is 1. The molecule has 4 N–H and O–H groups in total. The quantitative estimate of drug-likeness (QED) is 0.611. The number of amides is 1. The molecule has 6 nitrogen and oxygen atoms in total. The summed E-state index contributed by atoms with van der Waals surface area (Å²) in [4.78, 5) is 23.0. The number of rotatable bonds is 3. The van der Waals surface area contributed by atoms with E-state index in [1.54, 1.807) is 0 Å². The van der Waals surface area contributed by atoms with Gasteiger partial charge in [0.25, 0.3) is 0 Å². The van der Waals surface area contributed by atoms with Gasteiger partial charge in [-0.1, -0.05) is 0 Å². The van der Waals surface area contributed by atoms with Gasteiger partial charge in [0.2, 0.25) is 5.91 Å². The van der Waals surface area contributed by atoms with Crippen molar-refractivity contribution in [1.82, 2.24) is 5.32 Å². The summed E-state index contributed by atoms with van der Waals surface area (Å²) in [7, 11) is 0. The lowest BCUT2D eigenvalue weighted by molar-refractivity contribution is -0.123. The lowest BCUT2D eigenvalue weighted by Gasteiger charge is -2.21. The van der Waals surface area contributed by atoms with Gasteiger partial charge < -0.3 is 20.8 Å². The average Bonchev–Trinajstić information content (AvgIpc) is 2.80. The Morgan fingerprint density at radius 3 is 2.74 bits per heavy atom. The molecule has 1 atom stereocenters. The number of phenols is 1. The van der Waals surface area contributed by atoms with Gasteiger partial charge in [-0.15, -0.1) is 0 Å². The van der Waals surface area contributed by atoms with Crippen molar-refractivity contribution < 1.29 is 19.8 Å². The molecule has 1 saturated heterocycles. The molecule has 0 spiro atoms. The van der Waals surface area contributed by atoms with Gasteiger partial charge in [-0.3, -0.25) is 4.79 Å². The van der Waals surface area contributed by atoms with Gasteiger partial charge in [0.15, 0.2) is 0 Å². The first-order valence-electron chi connectivity index (χ1n) is 6.01. The average molecular weight is 264 g/mol. The zero-order chi connectivity index (χ0) is 14.0. The maximum Gasteiger partial charge on any atom is 0.335 e. The van der Waals surface area contributed by atoms with Gasteiger partial charge in [-0.05, 0) is 38.1 Å². The number of aromatic hydroxyl groups is 1. The minimum absolute atomic E-state index is 0.0165. The molecule has 19 heavy (non-hydrogen) atoms. The summed E-state index contributed by atoms with van der Waals surface area (Å²) in [6.07, 6.45) is 0.707. The van der Waals surface area contributed by atoms with Crippen LogP contribution < -0.4 is 10.6 Å². The van der Waals surface area contributed by atoms with Gasteiger partial charge in [0.05, 0.1) is 16.7 Å². The number of carbonyl (C=O) groups excluding carboxylic acids is 1. The van der Waals surface area contributed by atoms with Crippen LogP contribution in [0.1, 0.15) is 23.7 Å². The molecule has 0 saturated carbocycles. The molecule has 1 aromatic rings. The third kappa shape index (κ3) is 2.68. The third-order valence-corrected chi connectivity index (χ3v) is 3.41. The summed E-state index contributed by atoms with van der Waals surface area (Å²) >= 11 is 0. The van der Waals surface area contributed by atoms with Gasteiger partial charge >= 0.3 is 5.97 Å². The summed E-state index contributed by atoms with van der Waals surface area (Å²) < 4.78 is 0. The molecule has 102 valence electrons. The first kappa shape index (κ1) is 13.4. The molecule has 1 aliphatic rings. The van der Waals surface area contributed by atoms with Crippen LogP contribution in [0.4, 0.5) is 5.69 Å². The molecule has 1 amide bonds. The van der Waals surface area contributed by atoms with E-state index in [-0.39, 0.29) is 22.9 Å². The molecule has 1 fully saturated rings. The lowest BCUT2D eigenvalue weighted by atomic mass is 9.88. The fourth-order valence-electron chi connectivity index (χ4n) is 2.05. The molecule has 0 radical (unpaired) electrons. The maximum atomic E-state index is 12.2. The number of anilines is 1. The first-order chi connectivity index (χ1) is 8.92. The number of benzene rings is 1. The number of hydrogen-bond acceptors (Lipinski definition) is 4. The number of carboxylic acid groups (broad SMARTS) is 1. The Kier molecular flexibility index (Phi) is 3.44. The van der Waals surface area contributed by atoms with Crippen LogP contribution in [-0.2, 0) is 4.79 Å². The molecule has 1 heterocycles. The van der Waals surface area contributed by atoms with Crippen molar-refractivity contribution in [2.75, 3.05) is 18.4 Å². The minimum atomic E-state index is -1.11. The molecule has 0 bridgehead atoms. The Morgan fingerprint density at radius 1 is 1.42 bits per heavy atom. The number of aromatic carboxylic acids is 1. The molecule has 0 aromatic heterocycles. The summed E-state index contributed by atoms with van der Waals surface area (Å²) in [6, 6.07) is 3.79. The fourth-order valence-corrected chi connectivity index (χ4v) is 2.05. The van der Waals surface area contributed by atoms with Crippen molar-refractivity contribution in [3.8, 4) is 5.75 Å². The maximum absolute atomic E-state index is 12.2. The number of nitrogens with one attached hydrogen (secondary N) is 2. The Morgan fingerprint density at radius 2 is 2.16 bits per heavy atom. The van der Waals surface area contributed by atoms with Crippen molar-refractivity contribution in [3.63, 3.8) is 0 Å². The van der Waals surface area contributed by atoms with E-state index in [4.69, 9.17) is 5.11 Å². The van der Waals surface area contributed by atoms with Crippen LogP contribution in [0.25, 0.3) is 0 Å². The Hall–Kier alpha value is -2.08. The molecule has 0 aliphatic carbocycles. The zero-order valence-corrected chi connectivity index (χ0v) is 10.6. The highest BCUT2D eigenvalue weighted by Crippen LogP contribution is 2.30. The monoisotopic (exact) mass is 264 g/mol. The normalized spacial score (nSPS) is 22.2. The lowest BCUT2D eigenvalue weighted by Crippen LogP contribution is -2.35. The molecular weight excluding hydrogens is 248 g/mol. The number of carbonyl (C=O) groups is 2. The van der Waals surface area contributed by atoms with E-state index in [9.17, 15) is 14.7 Å². The molecule has 1 aromatic carbocycles. The summed E-state index contributed by atoms with van der Waals surface area (Å²) in [5.41, 5.74) is -0.396. The fraction of sp³-hybridized carbons (Fsp3) is 0.385. The molecule has 1 unspecified atom stereocenters. The molecule has 1 aliphatic heterocycles. The van der Waals surface area contributed by atoms with E-state index in [0.29, 0.717) is 13.0 Å². The third-order valence-electron chi connectivity index (χ3n) is 3.41. The standard InChI is InChI=1S/C13H16N2O4/c1-13(4-5-14-7-13)12(19)15-9-6-8(11(17)18)2-3-10(9)16/h2-3,6,14,16H,4-5,7H2,1H3,(H,15,19)(H,17,18). The highest BCUT2D eigenvalue weighted by molar-refractivity contribution is 5.98. The highest BCUT2D eigenvalue weighted by atomic mass is 16.4. The topological polar surface area (TPSA) is 98.7 Å². The van der Waals surface area contributed by atoms with E-state index < -0.39 is 11.4 Å². The Bertz CT molecular complexity index is 521. The van der Waals surface area contributed by atoms with E-state index in [1.807, 2.05) is 6.92 Å². The second kappa shape index (κ2) is 4.89. The van der Waals surface area contributed by atoms with E-state index >= 15 is 0 Å². The Labute approximate surface area is 110 Å². The molecule has 6 heteroatoms. The summed E-state index contributed by atoms with van der Waals surface area (Å²) in [6.45, 7) is 3.17. The van der Waals surface area contributed by atoms with Crippen LogP contribution in [-0.4, -0.2) is 35.2 Å². The predicted molar refractivity (Wildman–Crippen MR) is 69.3 cm³/mol. The van der Waals surface area contributed by atoms with E-state index in [1.165, 1.54) is 18.2 Å².